The maximum absolute atomic E-state index is 13.0. The Kier molecular flexibility index (Phi) is 3.10. The molecule has 70 valence electrons. The van der Waals surface area contributed by atoms with Crippen LogP contribution in [0.1, 0.15) is 5.69 Å². The van der Waals surface area contributed by atoms with Gasteiger partial charge in [0.15, 0.2) is 5.11 Å². The van der Waals surface area contributed by atoms with E-state index in [0.717, 1.165) is 6.07 Å². The summed E-state index contributed by atoms with van der Waals surface area (Å²) in [5, 5.41) is 11.2. The predicted octanol–water partition coefficient (Wildman–Crippen LogP) is 0.369. The number of aliphatic hydroxyl groups excluding tert-OH is 1. The van der Waals surface area contributed by atoms with Crippen molar-refractivity contribution in [2.75, 3.05) is 5.32 Å². The molecule has 0 aromatic carbocycles. The fourth-order valence-electron chi connectivity index (χ4n) is 0.793. The highest BCUT2D eigenvalue weighted by molar-refractivity contribution is 7.80. The molecule has 1 rings (SSSR count). The summed E-state index contributed by atoms with van der Waals surface area (Å²) >= 11 is 4.55. The van der Waals surface area contributed by atoms with Crippen molar-refractivity contribution < 1.29 is 9.50 Å². The predicted molar refractivity (Wildman–Crippen MR) is 50.5 cm³/mol. The summed E-state index contributed by atoms with van der Waals surface area (Å²) in [6.07, 6.45) is 1.34. The minimum atomic E-state index is -0.594. The van der Waals surface area contributed by atoms with Crippen molar-refractivity contribution in [1.29, 1.82) is 0 Å². The largest absolute Gasteiger partial charge is 0.390 e. The number of anilines is 1. The number of rotatable bonds is 2. The van der Waals surface area contributed by atoms with E-state index >= 15 is 0 Å². The number of hydrogen-bond donors (Lipinski definition) is 3. The third-order valence-corrected chi connectivity index (χ3v) is 1.44. The fraction of sp³-hybridized carbons (Fsp3) is 0.143. The molecular formula is C7H8FN3OS. The second-order valence-electron chi connectivity index (χ2n) is 2.30. The Labute approximate surface area is 79.6 Å². The number of nitrogens with two attached hydrogens (primary N) is 1. The van der Waals surface area contributed by atoms with Gasteiger partial charge in [-0.2, -0.15) is 0 Å². The molecule has 0 unspecified atom stereocenters. The Bertz CT molecular complexity index is 332. The Hall–Kier alpha value is -1.27. The van der Waals surface area contributed by atoms with Crippen LogP contribution in [0.3, 0.4) is 0 Å². The van der Waals surface area contributed by atoms with Crippen LogP contribution in [0.2, 0.25) is 0 Å². The molecule has 0 bridgehead atoms. The number of nitrogens with one attached hydrogen (secondary N) is 1. The zero-order chi connectivity index (χ0) is 9.84. The lowest BCUT2D eigenvalue weighted by Gasteiger charge is -2.04. The van der Waals surface area contributed by atoms with Crippen molar-refractivity contribution in [3.63, 3.8) is 0 Å². The molecule has 0 spiro atoms. The number of halogens is 1. The third-order valence-electron chi connectivity index (χ3n) is 1.33. The molecule has 0 saturated carbocycles. The number of hydrogen-bond acceptors (Lipinski definition) is 3. The van der Waals surface area contributed by atoms with Crippen molar-refractivity contribution in [2.24, 2.45) is 5.73 Å². The van der Waals surface area contributed by atoms with Crippen LogP contribution >= 0.6 is 12.2 Å². The van der Waals surface area contributed by atoms with E-state index in [1.165, 1.54) is 6.20 Å². The van der Waals surface area contributed by atoms with Crippen molar-refractivity contribution in [3.05, 3.63) is 23.8 Å². The highest BCUT2D eigenvalue weighted by Crippen LogP contribution is 2.10. The van der Waals surface area contributed by atoms with E-state index in [2.05, 4.69) is 22.5 Å². The van der Waals surface area contributed by atoms with Crippen LogP contribution in [0.4, 0.5) is 10.1 Å². The fourth-order valence-corrected chi connectivity index (χ4v) is 0.911. The monoisotopic (exact) mass is 201 g/mol. The normalized spacial score (nSPS) is 9.69. The van der Waals surface area contributed by atoms with Crippen LogP contribution in [0.5, 0.6) is 0 Å². The molecule has 13 heavy (non-hydrogen) atoms. The van der Waals surface area contributed by atoms with Gasteiger partial charge >= 0.3 is 0 Å². The molecule has 0 saturated heterocycles. The topological polar surface area (TPSA) is 71.2 Å². The van der Waals surface area contributed by atoms with E-state index in [4.69, 9.17) is 10.8 Å². The molecule has 0 aliphatic rings. The van der Waals surface area contributed by atoms with Crippen molar-refractivity contribution in [2.45, 2.75) is 6.61 Å². The Morgan fingerprint density at radius 3 is 2.92 bits per heavy atom. The Balaban J connectivity index is 2.89. The first-order valence-corrected chi connectivity index (χ1v) is 3.86. The van der Waals surface area contributed by atoms with Crippen LogP contribution in [0.25, 0.3) is 0 Å². The SMILES string of the molecule is NC(=S)Nc1cnc(CO)c(F)c1. The molecule has 1 heterocycles. The maximum Gasteiger partial charge on any atom is 0.168 e. The average Bonchev–Trinajstić information content (AvgIpc) is 2.03. The smallest absolute Gasteiger partial charge is 0.168 e. The van der Waals surface area contributed by atoms with Gasteiger partial charge in [0.1, 0.15) is 11.5 Å². The second-order valence-corrected chi connectivity index (χ2v) is 2.74. The van der Waals surface area contributed by atoms with Crippen molar-refractivity contribution in [1.82, 2.24) is 4.98 Å². The summed E-state index contributed by atoms with van der Waals surface area (Å²) in [6, 6.07) is 1.16. The molecule has 0 radical (unpaired) electrons. The molecule has 1 aromatic rings. The zero-order valence-corrected chi connectivity index (χ0v) is 7.44. The van der Waals surface area contributed by atoms with Crippen molar-refractivity contribution in [3.8, 4) is 0 Å². The molecule has 4 nitrogen and oxygen atoms in total. The third kappa shape index (κ3) is 2.60. The van der Waals surface area contributed by atoms with Crippen LogP contribution < -0.4 is 11.1 Å². The van der Waals surface area contributed by atoms with Gasteiger partial charge in [0.25, 0.3) is 0 Å². The number of aromatic nitrogens is 1. The molecule has 6 heteroatoms. The first kappa shape index (κ1) is 9.82. The van der Waals surface area contributed by atoms with E-state index in [9.17, 15) is 4.39 Å². The molecule has 0 atom stereocenters. The lowest BCUT2D eigenvalue weighted by molar-refractivity contribution is 0.270. The molecule has 0 amide bonds. The van der Waals surface area contributed by atoms with E-state index < -0.39 is 12.4 Å². The second kappa shape index (κ2) is 4.11. The number of pyridine rings is 1. The Morgan fingerprint density at radius 1 is 1.77 bits per heavy atom. The zero-order valence-electron chi connectivity index (χ0n) is 6.62. The van der Waals surface area contributed by atoms with E-state index in [-0.39, 0.29) is 10.8 Å². The number of aliphatic hydroxyl groups is 1. The van der Waals surface area contributed by atoms with E-state index in [0.29, 0.717) is 5.69 Å². The summed E-state index contributed by atoms with van der Waals surface area (Å²) < 4.78 is 13.0. The summed E-state index contributed by atoms with van der Waals surface area (Å²) in [5.74, 6) is -0.594. The number of nitrogens with zero attached hydrogens (tertiary/aromatic N) is 1. The quantitative estimate of drug-likeness (QED) is 0.603. The minimum absolute atomic E-state index is 0.00603. The lowest BCUT2D eigenvalue weighted by atomic mass is 10.3. The van der Waals surface area contributed by atoms with Crippen LogP contribution in [0, 0.1) is 5.82 Å². The molecule has 1 aromatic heterocycles. The van der Waals surface area contributed by atoms with E-state index in [1.807, 2.05) is 0 Å². The van der Waals surface area contributed by atoms with E-state index in [1.54, 1.807) is 0 Å². The highest BCUT2D eigenvalue weighted by atomic mass is 32.1. The maximum atomic E-state index is 13.0. The lowest BCUT2D eigenvalue weighted by Crippen LogP contribution is -2.19. The molecule has 0 fully saturated rings. The minimum Gasteiger partial charge on any atom is -0.390 e. The number of thiocarbonyl (C=S) groups is 1. The van der Waals surface area contributed by atoms with Gasteiger partial charge in [0.2, 0.25) is 0 Å². The first-order valence-electron chi connectivity index (χ1n) is 3.45. The first-order chi connectivity index (χ1) is 6.13. The van der Waals surface area contributed by atoms with Crippen LogP contribution in [0.15, 0.2) is 12.3 Å². The molecular weight excluding hydrogens is 193 g/mol. The van der Waals surface area contributed by atoms with Crippen LogP contribution in [-0.2, 0) is 6.61 Å². The summed E-state index contributed by atoms with van der Waals surface area (Å²) in [6.45, 7) is -0.431. The van der Waals surface area contributed by atoms with Gasteiger partial charge in [0.05, 0.1) is 18.5 Å². The highest BCUT2D eigenvalue weighted by Gasteiger charge is 2.03. The van der Waals surface area contributed by atoms with Gasteiger partial charge < -0.3 is 16.2 Å². The summed E-state index contributed by atoms with van der Waals surface area (Å²) in [4.78, 5) is 3.65. The van der Waals surface area contributed by atoms with Gasteiger partial charge in [-0.05, 0) is 12.2 Å². The van der Waals surface area contributed by atoms with Crippen LogP contribution in [-0.4, -0.2) is 15.2 Å². The van der Waals surface area contributed by atoms with Crippen molar-refractivity contribution >= 4 is 23.0 Å². The molecule has 4 N–H and O–H groups in total. The van der Waals surface area contributed by atoms with Gasteiger partial charge in [-0.3, -0.25) is 4.98 Å². The molecule has 0 aliphatic heterocycles. The van der Waals surface area contributed by atoms with Gasteiger partial charge in [-0.1, -0.05) is 0 Å². The van der Waals surface area contributed by atoms with Gasteiger partial charge in [-0.25, -0.2) is 4.39 Å². The van der Waals surface area contributed by atoms with Gasteiger partial charge in [-0.15, -0.1) is 0 Å². The Morgan fingerprint density at radius 2 is 2.46 bits per heavy atom. The molecule has 0 aliphatic carbocycles. The average molecular weight is 201 g/mol. The standard InChI is InChI=1S/C7H8FN3OS/c8-5-1-4(11-7(9)13)2-10-6(5)3-12/h1-2,12H,3H2,(H3,9,11,13). The summed E-state index contributed by atoms with van der Waals surface area (Å²) in [7, 11) is 0. The summed E-state index contributed by atoms with van der Waals surface area (Å²) in [5.41, 5.74) is 5.52. The van der Waals surface area contributed by atoms with Gasteiger partial charge in [0, 0.05) is 6.07 Å².